The first-order chi connectivity index (χ1) is 10.8. The molecule has 1 heterocycles. The molecule has 23 heavy (non-hydrogen) atoms. The minimum absolute atomic E-state index is 0.0155. The van der Waals surface area contributed by atoms with Crippen LogP contribution in [-0.2, 0) is 15.1 Å². The van der Waals surface area contributed by atoms with Crippen LogP contribution in [0.4, 0.5) is 4.79 Å². The molecule has 7 heteroatoms. The summed E-state index contributed by atoms with van der Waals surface area (Å²) in [6, 6.07) is 6.20. The van der Waals surface area contributed by atoms with Crippen LogP contribution in [0.5, 0.6) is 0 Å². The van der Waals surface area contributed by atoms with Crippen molar-refractivity contribution in [1.29, 1.82) is 0 Å². The predicted octanol–water partition coefficient (Wildman–Crippen LogP) is 2.02. The number of amides is 4. The first-order valence-electron chi connectivity index (χ1n) is 7.48. The lowest BCUT2D eigenvalue weighted by atomic mass is 9.92. The quantitative estimate of drug-likeness (QED) is 0.807. The Bertz CT molecular complexity index is 649. The molecule has 1 aromatic rings. The summed E-state index contributed by atoms with van der Waals surface area (Å²) < 4.78 is 0. The molecule has 0 aromatic heterocycles. The highest BCUT2D eigenvalue weighted by atomic mass is 35.5. The lowest BCUT2D eigenvalue weighted by Crippen LogP contribution is -2.44. The number of halogens is 1. The van der Waals surface area contributed by atoms with E-state index in [0.717, 1.165) is 11.3 Å². The summed E-state index contributed by atoms with van der Waals surface area (Å²) in [7, 11) is 0. The van der Waals surface area contributed by atoms with Crippen LogP contribution < -0.4 is 10.6 Å². The van der Waals surface area contributed by atoms with E-state index >= 15 is 0 Å². The Morgan fingerprint density at radius 2 is 2.04 bits per heavy atom. The van der Waals surface area contributed by atoms with Crippen molar-refractivity contribution in [2.75, 3.05) is 6.54 Å². The smallest absolute Gasteiger partial charge is 0.325 e. The van der Waals surface area contributed by atoms with Gasteiger partial charge < -0.3 is 10.6 Å². The third kappa shape index (κ3) is 3.32. The van der Waals surface area contributed by atoms with E-state index in [1.165, 1.54) is 0 Å². The van der Waals surface area contributed by atoms with Gasteiger partial charge in [-0.2, -0.15) is 0 Å². The van der Waals surface area contributed by atoms with Gasteiger partial charge in [-0.25, -0.2) is 4.79 Å². The molecule has 1 aliphatic heterocycles. The van der Waals surface area contributed by atoms with Crippen molar-refractivity contribution in [3.63, 3.8) is 0 Å². The number of hydrogen-bond donors (Lipinski definition) is 2. The zero-order valence-electron chi connectivity index (χ0n) is 13.4. The lowest BCUT2D eigenvalue weighted by molar-refractivity contribution is -0.135. The molecular weight excluding hydrogens is 318 g/mol. The Balaban J connectivity index is 2.20. The van der Waals surface area contributed by atoms with E-state index < -0.39 is 17.5 Å². The Hall–Kier alpha value is -2.08. The van der Waals surface area contributed by atoms with Crippen LogP contribution in [0.15, 0.2) is 24.3 Å². The van der Waals surface area contributed by atoms with Gasteiger partial charge in [0.2, 0.25) is 5.91 Å². The van der Waals surface area contributed by atoms with Gasteiger partial charge >= 0.3 is 6.03 Å². The monoisotopic (exact) mass is 337 g/mol. The Morgan fingerprint density at radius 1 is 1.39 bits per heavy atom. The summed E-state index contributed by atoms with van der Waals surface area (Å²) in [6.45, 7) is 5.07. The van der Waals surface area contributed by atoms with E-state index in [1.54, 1.807) is 31.2 Å². The minimum atomic E-state index is -1.27. The van der Waals surface area contributed by atoms with Crippen LogP contribution >= 0.6 is 11.6 Å². The fourth-order valence-electron chi connectivity index (χ4n) is 2.46. The molecule has 2 N–H and O–H groups in total. The fourth-order valence-corrected chi connectivity index (χ4v) is 2.78. The normalized spacial score (nSPS) is 22.0. The number of benzene rings is 1. The largest absolute Gasteiger partial charge is 0.352 e. The van der Waals surface area contributed by atoms with Gasteiger partial charge in [-0.15, -0.1) is 0 Å². The Kier molecular flexibility index (Phi) is 4.94. The maximum absolute atomic E-state index is 12.7. The molecule has 0 bridgehead atoms. The molecule has 2 atom stereocenters. The highest BCUT2D eigenvalue weighted by molar-refractivity contribution is 6.32. The van der Waals surface area contributed by atoms with E-state index in [2.05, 4.69) is 10.6 Å². The molecule has 6 nitrogen and oxygen atoms in total. The van der Waals surface area contributed by atoms with Crippen molar-refractivity contribution in [1.82, 2.24) is 15.5 Å². The molecule has 2 rings (SSSR count). The number of urea groups is 1. The summed E-state index contributed by atoms with van der Waals surface area (Å²) in [5, 5.41) is 5.75. The van der Waals surface area contributed by atoms with Crippen LogP contribution in [0, 0.1) is 0 Å². The molecule has 4 amide bonds. The molecule has 1 aliphatic rings. The Labute approximate surface area is 140 Å². The first kappa shape index (κ1) is 17.3. The van der Waals surface area contributed by atoms with E-state index in [4.69, 9.17) is 11.6 Å². The highest BCUT2D eigenvalue weighted by Gasteiger charge is 2.50. The van der Waals surface area contributed by atoms with Crippen molar-refractivity contribution in [2.45, 2.75) is 38.8 Å². The average molecular weight is 338 g/mol. The number of hydrogen-bond acceptors (Lipinski definition) is 3. The van der Waals surface area contributed by atoms with Crippen LogP contribution in [0.25, 0.3) is 0 Å². The van der Waals surface area contributed by atoms with Gasteiger partial charge in [0.05, 0.1) is 0 Å². The van der Waals surface area contributed by atoms with Gasteiger partial charge in [-0.05, 0) is 26.3 Å². The van der Waals surface area contributed by atoms with Gasteiger partial charge in [-0.3, -0.25) is 14.5 Å². The van der Waals surface area contributed by atoms with Crippen molar-refractivity contribution in [3.05, 3.63) is 34.9 Å². The van der Waals surface area contributed by atoms with Crippen molar-refractivity contribution in [2.24, 2.45) is 0 Å². The summed E-state index contributed by atoms with van der Waals surface area (Å²) >= 11 is 6.15. The number of nitrogens with zero attached hydrogens (tertiary/aromatic N) is 1. The summed E-state index contributed by atoms with van der Waals surface area (Å²) in [4.78, 5) is 37.7. The molecule has 0 spiro atoms. The second kappa shape index (κ2) is 6.58. The first-order valence-corrected chi connectivity index (χ1v) is 7.86. The second-order valence-corrected chi connectivity index (χ2v) is 6.21. The van der Waals surface area contributed by atoms with Crippen LogP contribution in [0.2, 0.25) is 5.02 Å². The maximum atomic E-state index is 12.7. The zero-order valence-corrected chi connectivity index (χ0v) is 14.1. The summed E-state index contributed by atoms with van der Waals surface area (Å²) in [5.74, 6) is -0.860. The molecule has 2 unspecified atom stereocenters. The SMILES string of the molecule is CCC(C)NC(=O)CN1C(=O)NC(C)(c2ccccc2Cl)C1=O. The van der Waals surface area contributed by atoms with Gasteiger partial charge in [0, 0.05) is 16.6 Å². The van der Waals surface area contributed by atoms with Crippen molar-refractivity contribution >= 4 is 29.4 Å². The molecule has 1 aromatic carbocycles. The standard InChI is InChI=1S/C16H20ClN3O3/c1-4-10(2)18-13(21)9-20-14(22)16(3,19-15(20)23)11-7-5-6-8-12(11)17/h5-8,10H,4,9H2,1-3H3,(H,18,21)(H,19,23). The number of rotatable bonds is 5. The molecule has 0 saturated carbocycles. The fraction of sp³-hybridized carbons (Fsp3) is 0.438. The third-order valence-corrected chi connectivity index (χ3v) is 4.34. The van der Waals surface area contributed by atoms with Crippen LogP contribution in [0.1, 0.15) is 32.8 Å². The minimum Gasteiger partial charge on any atom is -0.352 e. The number of carbonyl (C=O) groups is 3. The number of imide groups is 1. The van der Waals surface area contributed by atoms with Crippen LogP contribution in [-0.4, -0.2) is 35.3 Å². The van der Waals surface area contributed by atoms with Gasteiger partial charge in [0.15, 0.2) is 0 Å². The predicted molar refractivity (Wildman–Crippen MR) is 86.9 cm³/mol. The van der Waals surface area contributed by atoms with Crippen LogP contribution in [0.3, 0.4) is 0 Å². The Morgan fingerprint density at radius 3 is 2.65 bits per heavy atom. The zero-order chi connectivity index (χ0) is 17.2. The van der Waals surface area contributed by atoms with Gasteiger partial charge in [-0.1, -0.05) is 36.7 Å². The third-order valence-electron chi connectivity index (χ3n) is 4.01. The summed E-state index contributed by atoms with van der Waals surface area (Å²) in [5.41, 5.74) is -0.767. The van der Waals surface area contributed by atoms with Gasteiger partial charge in [0.1, 0.15) is 12.1 Å². The maximum Gasteiger partial charge on any atom is 0.325 e. The van der Waals surface area contributed by atoms with Crippen molar-refractivity contribution < 1.29 is 14.4 Å². The topological polar surface area (TPSA) is 78.5 Å². The molecule has 1 saturated heterocycles. The van der Waals surface area contributed by atoms with E-state index in [-0.39, 0.29) is 18.5 Å². The number of carbonyl (C=O) groups excluding carboxylic acids is 3. The average Bonchev–Trinajstić information content (AvgIpc) is 2.71. The second-order valence-electron chi connectivity index (χ2n) is 5.80. The molecule has 0 aliphatic carbocycles. The lowest BCUT2D eigenvalue weighted by Gasteiger charge is -2.23. The molecule has 0 radical (unpaired) electrons. The molecular formula is C16H20ClN3O3. The summed E-state index contributed by atoms with van der Waals surface area (Å²) in [6.07, 6.45) is 0.767. The molecule has 1 fully saturated rings. The highest BCUT2D eigenvalue weighted by Crippen LogP contribution is 2.33. The van der Waals surface area contributed by atoms with Gasteiger partial charge in [0.25, 0.3) is 5.91 Å². The van der Waals surface area contributed by atoms with E-state index in [1.807, 2.05) is 13.8 Å². The number of nitrogens with one attached hydrogen (secondary N) is 2. The molecule has 124 valence electrons. The van der Waals surface area contributed by atoms with E-state index in [9.17, 15) is 14.4 Å². The van der Waals surface area contributed by atoms with Crippen molar-refractivity contribution in [3.8, 4) is 0 Å². The van der Waals surface area contributed by atoms with E-state index in [0.29, 0.717) is 10.6 Å².